The van der Waals surface area contributed by atoms with Gasteiger partial charge < -0.3 is 5.32 Å². The third-order valence-corrected chi connectivity index (χ3v) is 4.58. The normalized spacial score (nSPS) is 13.5. The lowest BCUT2D eigenvalue weighted by atomic mass is 9.94. The number of carbonyl (C=O) groups is 1. The van der Waals surface area contributed by atoms with Gasteiger partial charge >= 0.3 is 0 Å². The Kier molecular flexibility index (Phi) is 4.09. The first-order chi connectivity index (χ1) is 12.2. The smallest absolute Gasteiger partial charge is 0.246 e. The second-order valence-corrected chi connectivity index (χ2v) is 6.52. The monoisotopic (exact) mass is 335 g/mol. The van der Waals surface area contributed by atoms with Crippen LogP contribution in [-0.4, -0.2) is 25.9 Å². The fraction of sp³-hybridized carbons (Fsp3) is 0.316. The van der Waals surface area contributed by atoms with Crippen LogP contribution in [0.1, 0.15) is 29.8 Å². The predicted octanol–water partition coefficient (Wildman–Crippen LogP) is 3.10. The Bertz CT molecular complexity index is 891. The van der Waals surface area contributed by atoms with Crippen LogP contribution in [0.15, 0.2) is 36.5 Å². The summed E-state index contributed by atoms with van der Waals surface area (Å²) in [6.07, 6.45) is 6.43. The van der Waals surface area contributed by atoms with Crippen LogP contribution in [0, 0.1) is 6.92 Å². The molecular weight excluding hydrogens is 314 g/mol. The molecule has 0 fully saturated rings. The third kappa shape index (κ3) is 3.33. The molecule has 0 bridgehead atoms. The lowest BCUT2D eigenvalue weighted by Crippen LogP contribution is -2.19. The number of hydrogen-bond donors (Lipinski definition) is 2. The van der Waals surface area contributed by atoms with Crippen molar-refractivity contribution in [2.24, 2.45) is 0 Å². The second-order valence-electron chi connectivity index (χ2n) is 6.52. The van der Waals surface area contributed by atoms with Crippen LogP contribution >= 0.6 is 0 Å². The standard InChI is InChI=1S/C19H21N5O/c1-13-10-11-24(23-13)12-18(25)20-15-8-6-14(7-9-15)19-16-4-2-3-5-17(16)21-22-19/h6-11H,2-5,12H2,1H3,(H,20,25)(H,21,22). The first kappa shape index (κ1) is 15.6. The van der Waals surface area contributed by atoms with E-state index in [1.807, 2.05) is 37.3 Å². The molecule has 0 saturated heterocycles. The predicted molar refractivity (Wildman–Crippen MR) is 96.3 cm³/mol. The lowest BCUT2D eigenvalue weighted by molar-refractivity contribution is -0.116. The van der Waals surface area contributed by atoms with E-state index in [-0.39, 0.29) is 12.5 Å². The maximum atomic E-state index is 12.1. The molecule has 4 rings (SSSR count). The molecule has 0 aliphatic heterocycles. The van der Waals surface area contributed by atoms with Gasteiger partial charge in [0.15, 0.2) is 0 Å². The number of aryl methyl sites for hydroxylation is 2. The van der Waals surface area contributed by atoms with E-state index in [1.165, 1.54) is 24.1 Å². The molecule has 2 heterocycles. The molecule has 0 atom stereocenters. The van der Waals surface area contributed by atoms with Gasteiger partial charge in [-0.1, -0.05) is 12.1 Å². The van der Waals surface area contributed by atoms with Gasteiger partial charge in [-0.15, -0.1) is 0 Å². The van der Waals surface area contributed by atoms with Gasteiger partial charge in [0.1, 0.15) is 6.54 Å². The summed E-state index contributed by atoms with van der Waals surface area (Å²) in [6.45, 7) is 2.11. The number of aromatic nitrogens is 4. The molecule has 3 aromatic rings. The fourth-order valence-corrected chi connectivity index (χ4v) is 3.33. The summed E-state index contributed by atoms with van der Waals surface area (Å²) in [7, 11) is 0. The largest absolute Gasteiger partial charge is 0.324 e. The molecule has 128 valence electrons. The molecule has 1 amide bonds. The summed E-state index contributed by atoms with van der Waals surface area (Å²) < 4.78 is 1.63. The van der Waals surface area contributed by atoms with Crippen LogP contribution in [-0.2, 0) is 24.2 Å². The Morgan fingerprint density at radius 1 is 1.20 bits per heavy atom. The number of aromatic amines is 1. The van der Waals surface area contributed by atoms with Crippen LogP contribution in [0.25, 0.3) is 11.3 Å². The van der Waals surface area contributed by atoms with Gasteiger partial charge in [0.2, 0.25) is 5.91 Å². The van der Waals surface area contributed by atoms with E-state index in [1.54, 1.807) is 10.9 Å². The molecule has 2 aromatic heterocycles. The number of hydrogen-bond acceptors (Lipinski definition) is 3. The highest BCUT2D eigenvalue weighted by molar-refractivity contribution is 5.90. The van der Waals surface area contributed by atoms with Gasteiger partial charge in [0.05, 0.1) is 11.4 Å². The van der Waals surface area contributed by atoms with E-state index >= 15 is 0 Å². The quantitative estimate of drug-likeness (QED) is 0.769. The minimum atomic E-state index is -0.0898. The van der Waals surface area contributed by atoms with Crippen LogP contribution in [0.3, 0.4) is 0 Å². The zero-order valence-electron chi connectivity index (χ0n) is 14.2. The van der Waals surface area contributed by atoms with Crippen molar-refractivity contribution in [3.05, 3.63) is 53.5 Å². The Labute approximate surface area is 146 Å². The van der Waals surface area contributed by atoms with Crippen molar-refractivity contribution in [2.45, 2.75) is 39.2 Å². The summed E-state index contributed by atoms with van der Waals surface area (Å²) in [4.78, 5) is 12.1. The van der Waals surface area contributed by atoms with Crippen molar-refractivity contribution in [2.75, 3.05) is 5.32 Å². The third-order valence-electron chi connectivity index (χ3n) is 4.58. The first-order valence-corrected chi connectivity index (χ1v) is 8.65. The number of H-pyrrole nitrogens is 1. The summed E-state index contributed by atoms with van der Waals surface area (Å²) in [6, 6.07) is 9.75. The molecule has 0 spiro atoms. The Hall–Kier alpha value is -2.89. The zero-order valence-corrected chi connectivity index (χ0v) is 14.2. The molecule has 1 aliphatic rings. The van der Waals surface area contributed by atoms with Crippen molar-refractivity contribution in [3.8, 4) is 11.3 Å². The van der Waals surface area contributed by atoms with E-state index in [0.717, 1.165) is 35.5 Å². The molecule has 6 heteroatoms. The molecule has 2 N–H and O–H groups in total. The number of benzene rings is 1. The molecule has 25 heavy (non-hydrogen) atoms. The Morgan fingerprint density at radius 2 is 2.00 bits per heavy atom. The molecule has 0 unspecified atom stereocenters. The molecule has 6 nitrogen and oxygen atoms in total. The van der Waals surface area contributed by atoms with Crippen molar-refractivity contribution in [3.63, 3.8) is 0 Å². The average Bonchev–Trinajstić information content (AvgIpc) is 3.22. The summed E-state index contributed by atoms with van der Waals surface area (Å²) >= 11 is 0. The summed E-state index contributed by atoms with van der Waals surface area (Å²) in [5.41, 5.74) is 6.42. The maximum absolute atomic E-state index is 12.1. The van der Waals surface area contributed by atoms with Crippen molar-refractivity contribution in [1.29, 1.82) is 0 Å². The molecule has 1 aliphatic carbocycles. The average molecular weight is 335 g/mol. The van der Waals surface area contributed by atoms with Crippen LogP contribution < -0.4 is 5.32 Å². The Morgan fingerprint density at radius 3 is 2.76 bits per heavy atom. The highest BCUT2D eigenvalue weighted by Crippen LogP contribution is 2.30. The number of rotatable bonds is 4. The van der Waals surface area contributed by atoms with Gasteiger partial charge in [-0.05, 0) is 50.8 Å². The van der Waals surface area contributed by atoms with Crippen molar-refractivity contribution < 1.29 is 4.79 Å². The second kappa shape index (κ2) is 6.55. The van der Waals surface area contributed by atoms with E-state index in [4.69, 9.17) is 0 Å². The van der Waals surface area contributed by atoms with E-state index in [0.29, 0.717) is 0 Å². The summed E-state index contributed by atoms with van der Waals surface area (Å²) in [5, 5.41) is 14.8. The topological polar surface area (TPSA) is 75.6 Å². The minimum Gasteiger partial charge on any atom is -0.324 e. The molecular formula is C19H21N5O. The number of anilines is 1. The Balaban J connectivity index is 1.45. The van der Waals surface area contributed by atoms with Gasteiger partial charge in [-0.3, -0.25) is 14.6 Å². The fourth-order valence-electron chi connectivity index (χ4n) is 3.33. The van der Waals surface area contributed by atoms with Crippen LogP contribution in [0.2, 0.25) is 0 Å². The number of nitrogens with one attached hydrogen (secondary N) is 2. The molecule has 0 saturated carbocycles. The maximum Gasteiger partial charge on any atom is 0.246 e. The van der Waals surface area contributed by atoms with Gasteiger partial charge in [-0.2, -0.15) is 10.2 Å². The number of carbonyl (C=O) groups excluding carboxylic acids is 1. The SMILES string of the molecule is Cc1ccn(CC(=O)Nc2ccc(-c3n[nH]c4c3CCCC4)cc2)n1. The van der Waals surface area contributed by atoms with Gasteiger partial charge in [0.25, 0.3) is 0 Å². The number of amides is 1. The zero-order chi connectivity index (χ0) is 17.2. The van der Waals surface area contributed by atoms with E-state index < -0.39 is 0 Å². The number of nitrogens with zero attached hydrogens (tertiary/aromatic N) is 3. The minimum absolute atomic E-state index is 0.0898. The van der Waals surface area contributed by atoms with Gasteiger partial charge in [0, 0.05) is 28.7 Å². The number of fused-ring (bicyclic) bond motifs is 1. The molecule has 1 aromatic carbocycles. The summed E-state index contributed by atoms with van der Waals surface area (Å²) in [5.74, 6) is -0.0898. The van der Waals surface area contributed by atoms with Crippen LogP contribution in [0.5, 0.6) is 0 Å². The van der Waals surface area contributed by atoms with Crippen molar-refractivity contribution in [1.82, 2.24) is 20.0 Å². The van der Waals surface area contributed by atoms with Crippen molar-refractivity contribution >= 4 is 11.6 Å². The van der Waals surface area contributed by atoms with Gasteiger partial charge in [-0.25, -0.2) is 0 Å². The van der Waals surface area contributed by atoms with E-state index in [9.17, 15) is 4.79 Å². The highest BCUT2D eigenvalue weighted by Gasteiger charge is 2.17. The van der Waals surface area contributed by atoms with E-state index in [2.05, 4.69) is 20.6 Å². The highest BCUT2D eigenvalue weighted by atomic mass is 16.2. The first-order valence-electron chi connectivity index (χ1n) is 8.65. The van der Waals surface area contributed by atoms with Crippen LogP contribution in [0.4, 0.5) is 5.69 Å². The molecule has 0 radical (unpaired) electrons. The lowest BCUT2D eigenvalue weighted by Gasteiger charge is -2.11.